The summed E-state index contributed by atoms with van der Waals surface area (Å²) in [4.78, 5) is 50.1. The molecule has 0 spiro atoms. The topological polar surface area (TPSA) is 191 Å². The Labute approximate surface area is 209 Å². The second kappa shape index (κ2) is 14.5. The van der Waals surface area contributed by atoms with Gasteiger partial charge in [-0.2, -0.15) is 11.8 Å². The molecular weight excluding hydrogens is 476 g/mol. The van der Waals surface area contributed by atoms with Crippen molar-refractivity contribution in [3.8, 4) is 5.75 Å². The number of carbonyl (C=O) groups excluding carboxylic acids is 3. The number of carbonyl (C=O) groups is 4. The Morgan fingerprint density at radius 2 is 1.51 bits per heavy atom. The minimum atomic E-state index is -1.24. The number of amides is 3. The van der Waals surface area contributed by atoms with Crippen LogP contribution in [0.1, 0.15) is 32.8 Å². The number of hydrogen-bond donors (Lipinski definition) is 7. The number of nitrogens with two attached hydrogens (primary N) is 1. The molecule has 0 radical (unpaired) electrons. The van der Waals surface area contributed by atoms with Crippen LogP contribution >= 0.6 is 11.8 Å². The molecule has 35 heavy (non-hydrogen) atoms. The van der Waals surface area contributed by atoms with Crippen LogP contribution in [0.25, 0.3) is 0 Å². The highest BCUT2D eigenvalue weighted by atomic mass is 32.2. The maximum atomic E-state index is 13.1. The van der Waals surface area contributed by atoms with Gasteiger partial charge >= 0.3 is 5.97 Å². The van der Waals surface area contributed by atoms with E-state index in [1.165, 1.54) is 30.8 Å². The van der Waals surface area contributed by atoms with Crippen molar-refractivity contribution in [2.75, 3.05) is 12.0 Å². The van der Waals surface area contributed by atoms with Crippen molar-refractivity contribution < 1.29 is 34.5 Å². The van der Waals surface area contributed by atoms with Crippen LogP contribution in [-0.4, -0.2) is 81.3 Å². The van der Waals surface area contributed by atoms with Gasteiger partial charge in [0.2, 0.25) is 17.7 Å². The highest BCUT2D eigenvalue weighted by Crippen LogP contribution is 2.13. The lowest BCUT2D eigenvalue weighted by atomic mass is 10.00. The lowest BCUT2D eigenvalue weighted by Crippen LogP contribution is -2.59. The van der Waals surface area contributed by atoms with Crippen molar-refractivity contribution >= 4 is 35.5 Å². The van der Waals surface area contributed by atoms with Crippen LogP contribution in [0.5, 0.6) is 5.75 Å². The molecule has 3 amide bonds. The van der Waals surface area contributed by atoms with E-state index in [1.807, 2.05) is 6.26 Å². The number of rotatable bonds is 14. The molecule has 0 saturated heterocycles. The summed E-state index contributed by atoms with van der Waals surface area (Å²) in [6.45, 7) is 4.73. The molecule has 0 saturated carbocycles. The second-order valence-corrected chi connectivity index (χ2v) is 9.59. The predicted molar refractivity (Wildman–Crippen MR) is 133 cm³/mol. The minimum absolute atomic E-state index is 0.0126. The first-order valence-electron chi connectivity index (χ1n) is 11.2. The number of thioether (sulfide) groups is 1. The highest BCUT2D eigenvalue weighted by molar-refractivity contribution is 7.98. The molecule has 11 nitrogen and oxygen atoms in total. The fourth-order valence-corrected chi connectivity index (χ4v) is 3.58. The third kappa shape index (κ3) is 10.1. The average Bonchev–Trinajstić information content (AvgIpc) is 2.79. The Hall–Kier alpha value is -2.83. The van der Waals surface area contributed by atoms with Crippen molar-refractivity contribution in [3.05, 3.63) is 29.8 Å². The van der Waals surface area contributed by atoms with Crippen LogP contribution in [-0.2, 0) is 25.6 Å². The largest absolute Gasteiger partial charge is 0.508 e. The fraction of sp³-hybridized carbons (Fsp3) is 0.565. The molecule has 0 aliphatic carbocycles. The first-order chi connectivity index (χ1) is 16.4. The molecule has 1 rings (SSSR count). The molecule has 0 aromatic heterocycles. The number of phenols is 1. The van der Waals surface area contributed by atoms with Gasteiger partial charge in [0, 0.05) is 6.42 Å². The van der Waals surface area contributed by atoms with E-state index in [9.17, 15) is 34.5 Å². The van der Waals surface area contributed by atoms with E-state index in [2.05, 4.69) is 16.0 Å². The monoisotopic (exact) mass is 512 g/mol. The molecule has 0 heterocycles. The Morgan fingerprint density at radius 3 is 2.00 bits per heavy atom. The zero-order valence-corrected chi connectivity index (χ0v) is 21.2. The molecule has 8 N–H and O–H groups in total. The molecule has 1 aromatic carbocycles. The summed E-state index contributed by atoms with van der Waals surface area (Å²) in [5.74, 6) is -3.13. The zero-order chi connectivity index (χ0) is 26.7. The summed E-state index contributed by atoms with van der Waals surface area (Å²) in [7, 11) is 0. The number of benzene rings is 1. The number of carboxylic acids is 1. The van der Waals surface area contributed by atoms with Gasteiger partial charge in [0.15, 0.2) is 0 Å². The first kappa shape index (κ1) is 30.2. The number of hydrogen-bond acceptors (Lipinski definition) is 8. The number of phenolic OH excluding ortho intramolecular Hbond substituents is 1. The fourth-order valence-electron chi connectivity index (χ4n) is 3.11. The normalized spacial score (nSPS) is 15.4. The van der Waals surface area contributed by atoms with E-state index in [4.69, 9.17) is 5.73 Å². The number of aromatic hydroxyl groups is 1. The lowest BCUT2D eigenvalue weighted by Gasteiger charge is -2.27. The zero-order valence-electron chi connectivity index (χ0n) is 20.4. The molecule has 5 unspecified atom stereocenters. The van der Waals surface area contributed by atoms with Gasteiger partial charge in [0.25, 0.3) is 0 Å². The van der Waals surface area contributed by atoms with Crippen LogP contribution < -0.4 is 21.7 Å². The van der Waals surface area contributed by atoms with E-state index < -0.39 is 54.0 Å². The average molecular weight is 513 g/mol. The standard InChI is InChI=1S/C23H36N4O7S/c1-12(2)19(27-21(31)18(24)13(3)28)22(32)26-17(11-14-5-7-15(29)8-6-14)20(30)25-16(23(33)34)9-10-35-4/h5-8,12-13,16-19,28-29H,9-11,24H2,1-4H3,(H,25,30)(H,26,32)(H,27,31)(H,33,34). The molecule has 0 aliphatic heterocycles. The van der Waals surface area contributed by atoms with Gasteiger partial charge in [0.1, 0.15) is 29.9 Å². The van der Waals surface area contributed by atoms with Gasteiger partial charge in [-0.25, -0.2) is 4.79 Å². The van der Waals surface area contributed by atoms with E-state index in [0.717, 1.165) is 0 Å². The van der Waals surface area contributed by atoms with Crippen LogP contribution in [0.3, 0.4) is 0 Å². The lowest BCUT2D eigenvalue weighted by molar-refractivity contribution is -0.142. The summed E-state index contributed by atoms with van der Waals surface area (Å²) < 4.78 is 0. The van der Waals surface area contributed by atoms with E-state index in [-0.39, 0.29) is 24.5 Å². The summed E-state index contributed by atoms with van der Waals surface area (Å²) in [6, 6.07) is 1.41. The van der Waals surface area contributed by atoms with Gasteiger partial charge in [-0.05, 0) is 49.0 Å². The molecule has 5 atom stereocenters. The smallest absolute Gasteiger partial charge is 0.326 e. The summed E-state index contributed by atoms with van der Waals surface area (Å²) in [6.07, 6.45) is 0.897. The molecule has 0 bridgehead atoms. The van der Waals surface area contributed by atoms with Gasteiger partial charge in [-0.1, -0.05) is 26.0 Å². The Kier molecular flexibility index (Phi) is 12.5. The number of nitrogens with one attached hydrogen (secondary N) is 3. The highest BCUT2D eigenvalue weighted by Gasteiger charge is 2.32. The summed E-state index contributed by atoms with van der Waals surface area (Å²) in [5.41, 5.74) is 6.27. The minimum Gasteiger partial charge on any atom is -0.508 e. The molecule has 12 heteroatoms. The van der Waals surface area contributed by atoms with E-state index >= 15 is 0 Å². The SMILES string of the molecule is CSCCC(NC(=O)C(Cc1ccc(O)cc1)NC(=O)C(NC(=O)C(N)C(C)O)C(C)C)C(=O)O. The molecule has 1 aromatic rings. The van der Waals surface area contributed by atoms with Crippen LogP contribution in [0.4, 0.5) is 0 Å². The van der Waals surface area contributed by atoms with E-state index in [1.54, 1.807) is 26.0 Å². The van der Waals surface area contributed by atoms with Crippen molar-refractivity contribution in [2.45, 2.75) is 63.9 Å². The van der Waals surface area contributed by atoms with Gasteiger partial charge in [0.05, 0.1) is 6.10 Å². The quantitative estimate of drug-likeness (QED) is 0.174. The number of aliphatic carboxylic acids is 1. The van der Waals surface area contributed by atoms with Crippen LogP contribution in [0.15, 0.2) is 24.3 Å². The van der Waals surface area contributed by atoms with E-state index in [0.29, 0.717) is 11.3 Å². The van der Waals surface area contributed by atoms with Crippen molar-refractivity contribution in [1.29, 1.82) is 0 Å². The maximum absolute atomic E-state index is 13.1. The number of carboxylic acid groups (broad SMARTS) is 1. The Morgan fingerprint density at radius 1 is 0.943 bits per heavy atom. The molecule has 0 fully saturated rings. The van der Waals surface area contributed by atoms with Gasteiger partial charge in [-0.15, -0.1) is 0 Å². The Balaban J connectivity index is 3.12. The number of aliphatic hydroxyl groups excluding tert-OH is 1. The summed E-state index contributed by atoms with van der Waals surface area (Å²) >= 11 is 1.44. The van der Waals surface area contributed by atoms with Crippen molar-refractivity contribution in [2.24, 2.45) is 11.7 Å². The first-order valence-corrected chi connectivity index (χ1v) is 12.6. The molecular formula is C23H36N4O7S. The molecule has 0 aliphatic rings. The number of aliphatic hydroxyl groups is 1. The van der Waals surface area contributed by atoms with Crippen molar-refractivity contribution in [1.82, 2.24) is 16.0 Å². The maximum Gasteiger partial charge on any atom is 0.326 e. The third-order valence-corrected chi connectivity index (χ3v) is 5.95. The predicted octanol–water partition coefficient (Wildman–Crippen LogP) is -0.409. The van der Waals surface area contributed by atoms with Gasteiger partial charge in [-0.3, -0.25) is 14.4 Å². The Bertz CT molecular complexity index is 864. The third-order valence-electron chi connectivity index (χ3n) is 5.30. The van der Waals surface area contributed by atoms with Crippen LogP contribution in [0.2, 0.25) is 0 Å². The summed E-state index contributed by atoms with van der Waals surface area (Å²) in [5, 5.41) is 36.1. The molecule has 196 valence electrons. The van der Waals surface area contributed by atoms with Crippen LogP contribution in [0, 0.1) is 5.92 Å². The van der Waals surface area contributed by atoms with Crippen molar-refractivity contribution in [3.63, 3.8) is 0 Å². The van der Waals surface area contributed by atoms with Gasteiger partial charge < -0.3 is 37.0 Å². The second-order valence-electron chi connectivity index (χ2n) is 8.61.